The minimum Gasteiger partial charge on any atom is -0.492 e. The zero-order valence-electron chi connectivity index (χ0n) is 11.1. The molecule has 3 amide bonds. The zero-order chi connectivity index (χ0) is 13.9. The number of carbonyl (C=O) groups excluding carboxylic acids is 2. The number of carbonyl (C=O) groups is 2. The fourth-order valence-electron chi connectivity index (χ4n) is 2.44. The minimum atomic E-state index is -0.0358. The van der Waals surface area contributed by atoms with Gasteiger partial charge in [0.05, 0.1) is 6.54 Å². The van der Waals surface area contributed by atoms with Crippen molar-refractivity contribution in [2.45, 2.75) is 12.8 Å². The van der Waals surface area contributed by atoms with E-state index in [2.05, 4.69) is 10.6 Å². The number of amides is 3. The number of benzene rings is 1. The smallest absolute Gasteiger partial charge is 0.317 e. The number of urea groups is 1. The summed E-state index contributed by atoms with van der Waals surface area (Å²) in [4.78, 5) is 24.4. The molecule has 0 aliphatic carbocycles. The van der Waals surface area contributed by atoms with Crippen LogP contribution in [0.25, 0.3) is 0 Å². The molecule has 6 nitrogen and oxygen atoms in total. The lowest BCUT2D eigenvalue weighted by Crippen LogP contribution is -2.31. The van der Waals surface area contributed by atoms with E-state index in [0.29, 0.717) is 31.9 Å². The summed E-state index contributed by atoms with van der Waals surface area (Å²) in [5.74, 6) is 0.758. The molecule has 1 saturated heterocycles. The predicted octanol–water partition coefficient (Wildman–Crippen LogP) is 0.975. The Hall–Kier alpha value is -2.24. The molecule has 0 atom stereocenters. The van der Waals surface area contributed by atoms with Gasteiger partial charge in [-0.05, 0) is 18.1 Å². The highest BCUT2D eigenvalue weighted by atomic mass is 16.5. The van der Waals surface area contributed by atoms with Crippen LogP contribution in [0.5, 0.6) is 5.75 Å². The molecule has 2 aliphatic rings. The minimum absolute atomic E-state index is 0.0358. The SMILES string of the molecule is O=C1CCc2ccc(OCCN3CCNC3=O)cc2N1. The number of rotatable bonds is 4. The maximum atomic E-state index is 11.4. The van der Waals surface area contributed by atoms with Gasteiger partial charge < -0.3 is 20.3 Å². The summed E-state index contributed by atoms with van der Waals surface area (Å²) in [7, 11) is 0. The number of nitrogens with zero attached hydrogens (tertiary/aromatic N) is 1. The lowest BCUT2D eigenvalue weighted by atomic mass is 10.0. The van der Waals surface area contributed by atoms with Crippen molar-refractivity contribution in [2.24, 2.45) is 0 Å². The summed E-state index contributed by atoms with van der Waals surface area (Å²) in [6.07, 6.45) is 1.31. The second kappa shape index (κ2) is 5.40. The zero-order valence-corrected chi connectivity index (χ0v) is 11.1. The average Bonchev–Trinajstić information content (AvgIpc) is 2.84. The molecule has 0 radical (unpaired) electrons. The Morgan fingerprint density at radius 3 is 2.95 bits per heavy atom. The molecule has 0 saturated carbocycles. The first-order chi connectivity index (χ1) is 9.72. The van der Waals surface area contributed by atoms with Crippen molar-refractivity contribution in [1.29, 1.82) is 0 Å². The van der Waals surface area contributed by atoms with Gasteiger partial charge in [-0.3, -0.25) is 4.79 Å². The summed E-state index contributed by atoms with van der Waals surface area (Å²) >= 11 is 0. The van der Waals surface area contributed by atoms with Crippen molar-refractivity contribution >= 4 is 17.6 Å². The standard InChI is InChI=1S/C14H17N3O3/c18-13-4-2-10-1-3-11(9-12(10)16-13)20-8-7-17-6-5-15-14(17)19/h1,3,9H,2,4-8H2,(H,15,19)(H,16,18). The van der Waals surface area contributed by atoms with Crippen LogP contribution in [0.4, 0.5) is 10.5 Å². The van der Waals surface area contributed by atoms with Crippen molar-refractivity contribution < 1.29 is 14.3 Å². The molecule has 106 valence electrons. The Morgan fingerprint density at radius 2 is 2.15 bits per heavy atom. The summed E-state index contributed by atoms with van der Waals surface area (Å²) in [6.45, 7) is 2.43. The van der Waals surface area contributed by atoms with E-state index in [1.54, 1.807) is 4.90 Å². The van der Waals surface area contributed by atoms with Crippen molar-refractivity contribution in [3.63, 3.8) is 0 Å². The third-order valence-corrected chi connectivity index (χ3v) is 3.55. The molecule has 0 spiro atoms. The number of anilines is 1. The van der Waals surface area contributed by atoms with Crippen LogP contribution in [0.3, 0.4) is 0 Å². The van der Waals surface area contributed by atoms with Gasteiger partial charge in [0.2, 0.25) is 5.91 Å². The molecule has 0 bridgehead atoms. The van der Waals surface area contributed by atoms with Crippen LogP contribution in [-0.4, -0.2) is 43.1 Å². The highest BCUT2D eigenvalue weighted by Gasteiger charge is 2.19. The fraction of sp³-hybridized carbons (Fsp3) is 0.429. The third-order valence-electron chi connectivity index (χ3n) is 3.55. The molecule has 2 N–H and O–H groups in total. The predicted molar refractivity (Wildman–Crippen MR) is 73.9 cm³/mol. The number of ether oxygens (including phenoxy) is 1. The van der Waals surface area contributed by atoms with Crippen molar-refractivity contribution in [1.82, 2.24) is 10.2 Å². The number of hydrogen-bond acceptors (Lipinski definition) is 3. The molecule has 1 aromatic carbocycles. The number of hydrogen-bond donors (Lipinski definition) is 2. The molecular weight excluding hydrogens is 258 g/mol. The van der Waals surface area contributed by atoms with E-state index < -0.39 is 0 Å². The van der Waals surface area contributed by atoms with Gasteiger partial charge in [0, 0.05) is 31.3 Å². The molecule has 6 heteroatoms. The van der Waals surface area contributed by atoms with Crippen LogP contribution in [0.1, 0.15) is 12.0 Å². The summed E-state index contributed by atoms with van der Waals surface area (Å²) < 4.78 is 5.64. The second-order valence-electron chi connectivity index (χ2n) is 4.93. The molecular formula is C14H17N3O3. The lowest BCUT2D eigenvalue weighted by Gasteiger charge is -2.18. The quantitative estimate of drug-likeness (QED) is 0.860. The first-order valence-corrected chi connectivity index (χ1v) is 6.81. The van der Waals surface area contributed by atoms with Gasteiger partial charge in [0.25, 0.3) is 0 Å². The topological polar surface area (TPSA) is 70.7 Å². The Bertz CT molecular complexity index is 544. The van der Waals surface area contributed by atoms with Crippen LogP contribution in [0, 0.1) is 0 Å². The van der Waals surface area contributed by atoms with E-state index in [-0.39, 0.29) is 11.9 Å². The molecule has 1 aromatic rings. The second-order valence-corrected chi connectivity index (χ2v) is 4.93. The molecule has 0 aromatic heterocycles. The molecule has 2 aliphatic heterocycles. The van der Waals surface area contributed by atoms with E-state index in [1.807, 2.05) is 18.2 Å². The van der Waals surface area contributed by atoms with E-state index in [0.717, 1.165) is 24.2 Å². The van der Waals surface area contributed by atoms with Crippen LogP contribution in [-0.2, 0) is 11.2 Å². The van der Waals surface area contributed by atoms with E-state index >= 15 is 0 Å². The van der Waals surface area contributed by atoms with Gasteiger partial charge in [0.15, 0.2) is 0 Å². The maximum Gasteiger partial charge on any atom is 0.317 e. The largest absolute Gasteiger partial charge is 0.492 e. The molecule has 2 heterocycles. The number of fused-ring (bicyclic) bond motifs is 1. The Labute approximate surface area is 117 Å². The molecule has 3 rings (SSSR count). The summed E-state index contributed by atoms with van der Waals surface area (Å²) in [5, 5.41) is 5.59. The number of aryl methyl sites for hydroxylation is 1. The van der Waals surface area contributed by atoms with E-state index in [4.69, 9.17) is 4.74 Å². The first kappa shape index (κ1) is 12.8. The van der Waals surface area contributed by atoms with Crippen LogP contribution in [0.2, 0.25) is 0 Å². The van der Waals surface area contributed by atoms with Crippen molar-refractivity contribution in [3.8, 4) is 5.75 Å². The maximum absolute atomic E-state index is 11.4. The summed E-state index contributed by atoms with van der Waals surface area (Å²) in [5.41, 5.74) is 1.97. The summed E-state index contributed by atoms with van der Waals surface area (Å²) in [6, 6.07) is 5.69. The lowest BCUT2D eigenvalue weighted by molar-refractivity contribution is -0.116. The Morgan fingerprint density at radius 1 is 1.25 bits per heavy atom. The van der Waals surface area contributed by atoms with Gasteiger partial charge in [0.1, 0.15) is 12.4 Å². The van der Waals surface area contributed by atoms with E-state index in [1.165, 1.54) is 0 Å². The Kier molecular flexibility index (Phi) is 3.45. The van der Waals surface area contributed by atoms with E-state index in [9.17, 15) is 9.59 Å². The first-order valence-electron chi connectivity index (χ1n) is 6.81. The third kappa shape index (κ3) is 2.68. The van der Waals surface area contributed by atoms with Gasteiger partial charge in [-0.15, -0.1) is 0 Å². The van der Waals surface area contributed by atoms with Crippen LogP contribution < -0.4 is 15.4 Å². The van der Waals surface area contributed by atoms with Gasteiger partial charge in [-0.25, -0.2) is 4.79 Å². The normalized spacial score (nSPS) is 17.5. The van der Waals surface area contributed by atoms with Crippen molar-refractivity contribution in [3.05, 3.63) is 23.8 Å². The van der Waals surface area contributed by atoms with Gasteiger partial charge >= 0.3 is 6.03 Å². The molecule has 0 unspecified atom stereocenters. The van der Waals surface area contributed by atoms with Crippen LogP contribution in [0.15, 0.2) is 18.2 Å². The van der Waals surface area contributed by atoms with Gasteiger partial charge in [-0.2, -0.15) is 0 Å². The monoisotopic (exact) mass is 275 g/mol. The van der Waals surface area contributed by atoms with Crippen LogP contribution >= 0.6 is 0 Å². The average molecular weight is 275 g/mol. The highest BCUT2D eigenvalue weighted by molar-refractivity contribution is 5.94. The highest BCUT2D eigenvalue weighted by Crippen LogP contribution is 2.27. The van der Waals surface area contributed by atoms with Gasteiger partial charge in [-0.1, -0.05) is 6.07 Å². The fourth-order valence-corrected chi connectivity index (χ4v) is 2.44. The molecule has 1 fully saturated rings. The van der Waals surface area contributed by atoms with Crippen molar-refractivity contribution in [2.75, 3.05) is 31.6 Å². The molecule has 20 heavy (non-hydrogen) atoms. The number of nitrogens with one attached hydrogen (secondary N) is 2. The Balaban J connectivity index is 1.56.